The molecule has 6 nitrogen and oxygen atoms in total. The number of nitriles is 2. The molecule has 32 heavy (non-hydrogen) atoms. The minimum Gasteiger partial charge on any atom is -0.305 e. The zero-order valence-electron chi connectivity index (χ0n) is 16.4. The van der Waals surface area contributed by atoms with Gasteiger partial charge in [-0.15, -0.1) is 22.7 Å². The second-order valence-corrected chi connectivity index (χ2v) is 9.34. The van der Waals surface area contributed by atoms with Crippen LogP contribution in [0.3, 0.4) is 0 Å². The summed E-state index contributed by atoms with van der Waals surface area (Å²) in [6.45, 7) is 0. The van der Waals surface area contributed by atoms with Gasteiger partial charge in [0.2, 0.25) is 0 Å². The summed E-state index contributed by atoms with van der Waals surface area (Å²) < 4.78 is 3.77. The molecule has 0 bridgehead atoms. The van der Waals surface area contributed by atoms with Gasteiger partial charge in [-0.1, -0.05) is 0 Å². The Bertz CT molecular complexity index is 1590. The van der Waals surface area contributed by atoms with E-state index in [2.05, 4.69) is 46.4 Å². The fourth-order valence-corrected chi connectivity index (χ4v) is 5.58. The molecule has 0 amide bonds. The predicted molar refractivity (Wildman–Crippen MR) is 125 cm³/mol. The largest absolute Gasteiger partial charge is 0.305 e. The Morgan fingerprint density at radius 2 is 1.00 bits per heavy atom. The summed E-state index contributed by atoms with van der Waals surface area (Å²) in [5.41, 5.74) is 4.63. The zero-order chi connectivity index (χ0) is 21.7. The highest BCUT2D eigenvalue weighted by Crippen LogP contribution is 2.40. The summed E-state index contributed by atoms with van der Waals surface area (Å²) >= 11 is 3.38. The molecule has 0 atom stereocenters. The zero-order valence-corrected chi connectivity index (χ0v) is 18.1. The molecular formula is C24H12N6S2. The van der Waals surface area contributed by atoms with Crippen molar-refractivity contribution in [1.82, 2.24) is 18.8 Å². The standard InChI is InChI=1S/C24H12N6S2/c25-9-15-1-7-23-27-17(13-29(23)11-15)19-3-5-21(31-19)22-6-4-20(32-22)18-14-30-12-16(10-26)2-8-24(30)28-18/h1-8,11-14H. The van der Waals surface area contributed by atoms with Gasteiger partial charge in [0, 0.05) is 34.5 Å². The SMILES string of the molecule is N#Cc1ccc2nc(-c3ccc(-c4ccc(-c5cn6cc(C#N)ccc6n5)s4)s3)cn2c1. The molecule has 6 aromatic rings. The van der Waals surface area contributed by atoms with Gasteiger partial charge in [-0.2, -0.15) is 10.5 Å². The highest BCUT2D eigenvalue weighted by molar-refractivity contribution is 7.25. The van der Waals surface area contributed by atoms with Crippen LogP contribution in [0.2, 0.25) is 0 Å². The molecule has 0 saturated carbocycles. The van der Waals surface area contributed by atoms with Gasteiger partial charge in [0.05, 0.1) is 32.3 Å². The Kier molecular flexibility index (Phi) is 4.15. The molecule has 0 radical (unpaired) electrons. The van der Waals surface area contributed by atoms with Gasteiger partial charge in [-0.25, -0.2) is 9.97 Å². The molecule has 6 rings (SSSR count). The molecule has 0 aliphatic rings. The summed E-state index contributed by atoms with van der Waals surface area (Å²) in [6, 6.07) is 20.0. The number of pyridine rings is 2. The van der Waals surface area contributed by atoms with Crippen LogP contribution in [0.1, 0.15) is 11.1 Å². The minimum absolute atomic E-state index is 0.607. The van der Waals surface area contributed by atoms with Gasteiger partial charge in [0.1, 0.15) is 23.4 Å². The van der Waals surface area contributed by atoms with Crippen LogP contribution in [-0.2, 0) is 0 Å². The van der Waals surface area contributed by atoms with E-state index in [1.165, 1.54) is 9.75 Å². The maximum atomic E-state index is 9.10. The molecular weight excluding hydrogens is 436 g/mol. The third-order valence-electron chi connectivity index (χ3n) is 5.12. The molecule has 6 aromatic heterocycles. The van der Waals surface area contributed by atoms with E-state index in [-0.39, 0.29) is 0 Å². The van der Waals surface area contributed by atoms with Crippen LogP contribution in [0.25, 0.3) is 42.2 Å². The summed E-state index contributed by atoms with van der Waals surface area (Å²) in [5, 5.41) is 18.2. The van der Waals surface area contributed by atoms with Gasteiger partial charge < -0.3 is 8.80 Å². The van der Waals surface area contributed by atoms with Gasteiger partial charge >= 0.3 is 0 Å². The van der Waals surface area contributed by atoms with Crippen LogP contribution >= 0.6 is 22.7 Å². The first-order valence-electron chi connectivity index (χ1n) is 9.69. The maximum absolute atomic E-state index is 9.10. The van der Waals surface area contributed by atoms with Crippen molar-refractivity contribution in [3.63, 3.8) is 0 Å². The lowest BCUT2D eigenvalue weighted by molar-refractivity contribution is 1.17. The maximum Gasteiger partial charge on any atom is 0.137 e. The molecule has 0 spiro atoms. The topological polar surface area (TPSA) is 82.2 Å². The third kappa shape index (κ3) is 3.07. The lowest BCUT2D eigenvalue weighted by atomic mass is 10.3. The van der Waals surface area contributed by atoms with Crippen LogP contribution in [0.4, 0.5) is 0 Å². The van der Waals surface area contributed by atoms with Crippen molar-refractivity contribution < 1.29 is 0 Å². The summed E-state index contributed by atoms with van der Waals surface area (Å²) in [7, 11) is 0. The van der Waals surface area contributed by atoms with E-state index in [0.717, 1.165) is 32.4 Å². The fraction of sp³-hybridized carbons (Fsp3) is 0. The Hall–Kier alpha value is -4.24. The van der Waals surface area contributed by atoms with Crippen molar-refractivity contribution >= 4 is 34.0 Å². The summed E-state index contributed by atoms with van der Waals surface area (Å²) in [4.78, 5) is 13.9. The molecule has 6 heterocycles. The van der Waals surface area contributed by atoms with E-state index < -0.39 is 0 Å². The summed E-state index contributed by atoms with van der Waals surface area (Å²) in [6.07, 6.45) is 7.50. The Morgan fingerprint density at radius 3 is 1.44 bits per heavy atom. The molecule has 0 fully saturated rings. The quantitative estimate of drug-likeness (QED) is 0.340. The lowest BCUT2D eigenvalue weighted by Gasteiger charge is -1.91. The molecule has 0 unspecified atom stereocenters. The van der Waals surface area contributed by atoms with E-state index in [0.29, 0.717) is 11.1 Å². The molecule has 0 saturated heterocycles. The van der Waals surface area contributed by atoms with Gasteiger partial charge in [-0.05, 0) is 48.5 Å². The highest BCUT2D eigenvalue weighted by atomic mass is 32.1. The second kappa shape index (κ2) is 7.17. The number of thiophene rings is 2. The number of nitrogens with zero attached hydrogens (tertiary/aromatic N) is 6. The lowest BCUT2D eigenvalue weighted by Crippen LogP contribution is -1.83. The molecule has 0 N–H and O–H groups in total. The number of fused-ring (bicyclic) bond motifs is 2. The van der Waals surface area contributed by atoms with Gasteiger partial charge in [-0.3, -0.25) is 0 Å². The van der Waals surface area contributed by atoms with Crippen LogP contribution in [0, 0.1) is 22.7 Å². The Balaban J connectivity index is 1.32. The van der Waals surface area contributed by atoms with Crippen molar-refractivity contribution in [2.75, 3.05) is 0 Å². The van der Waals surface area contributed by atoms with E-state index in [9.17, 15) is 0 Å². The number of hydrogen-bond donors (Lipinski definition) is 0. The average molecular weight is 449 g/mol. The number of rotatable bonds is 3. The van der Waals surface area contributed by atoms with E-state index in [1.54, 1.807) is 47.2 Å². The Morgan fingerprint density at radius 1 is 0.562 bits per heavy atom. The first kappa shape index (κ1) is 18.5. The third-order valence-corrected chi connectivity index (χ3v) is 7.53. The molecule has 0 aliphatic carbocycles. The summed E-state index contributed by atoms with van der Waals surface area (Å²) in [5.74, 6) is 0. The number of hydrogen-bond acceptors (Lipinski definition) is 6. The number of aromatic nitrogens is 4. The van der Waals surface area contributed by atoms with Crippen molar-refractivity contribution in [2.24, 2.45) is 0 Å². The first-order chi connectivity index (χ1) is 15.7. The van der Waals surface area contributed by atoms with E-state index >= 15 is 0 Å². The normalized spacial score (nSPS) is 11.1. The van der Waals surface area contributed by atoms with E-state index in [4.69, 9.17) is 10.5 Å². The molecule has 0 aliphatic heterocycles. The molecule has 0 aromatic carbocycles. The average Bonchev–Trinajstić information content (AvgIpc) is 3.61. The van der Waals surface area contributed by atoms with Crippen LogP contribution in [0.15, 0.2) is 73.3 Å². The smallest absolute Gasteiger partial charge is 0.137 e. The van der Waals surface area contributed by atoms with Crippen molar-refractivity contribution in [3.05, 3.63) is 84.4 Å². The second-order valence-electron chi connectivity index (χ2n) is 7.17. The predicted octanol–water partition coefficient (Wildman–Crippen LogP) is 5.85. The minimum atomic E-state index is 0.607. The van der Waals surface area contributed by atoms with Crippen molar-refractivity contribution in [1.29, 1.82) is 10.5 Å². The monoisotopic (exact) mass is 448 g/mol. The van der Waals surface area contributed by atoms with Gasteiger partial charge in [0.25, 0.3) is 0 Å². The number of imidazole rings is 2. The van der Waals surface area contributed by atoms with E-state index in [1.807, 2.05) is 33.3 Å². The van der Waals surface area contributed by atoms with Crippen molar-refractivity contribution in [3.8, 4) is 43.0 Å². The van der Waals surface area contributed by atoms with Crippen molar-refractivity contribution in [2.45, 2.75) is 0 Å². The molecule has 8 heteroatoms. The van der Waals surface area contributed by atoms with Crippen LogP contribution in [0.5, 0.6) is 0 Å². The van der Waals surface area contributed by atoms with Gasteiger partial charge in [0.15, 0.2) is 0 Å². The Labute approximate surface area is 190 Å². The molecule has 150 valence electrons. The highest BCUT2D eigenvalue weighted by Gasteiger charge is 2.13. The fourth-order valence-electron chi connectivity index (χ4n) is 3.57. The van der Waals surface area contributed by atoms with Crippen LogP contribution in [-0.4, -0.2) is 18.8 Å². The first-order valence-corrected chi connectivity index (χ1v) is 11.3. The van der Waals surface area contributed by atoms with Crippen LogP contribution < -0.4 is 0 Å².